The van der Waals surface area contributed by atoms with Gasteiger partial charge in [0.1, 0.15) is 0 Å². The molecule has 5 nitrogen and oxygen atoms in total. The Hall–Kier alpha value is -1.99. The van der Waals surface area contributed by atoms with Crippen molar-refractivity contribution in [3.05, 3.63) is 51.6 Å². The van der Waals surface area contributed by atoms with Crippen LogP contribution in [0.1, 0.15) is 16.2 Å². The van der Waals surface area contributed by atoms with Crippen molar-refractivity contribution in [2.24, 2.45) is 0 Å². The van der Waals surface area contributed by atoms with Crippen LogP contribution >= 0.6 is 27.3 Å². The maximum atomic E-state index is 12.0. The van der Waals surface area contributed by atoms with E-state index < -0.39 is 0 Å². The quantitative estimate of drug-likeness (QED) is 0.743. The van der Waals surface area contributed by atoms with Gasteiger partial charge in [0.15, 0.2) is 10.8 Å². The molecule has 21 heavy (non-hydrogen) atoms. The molecule has 0 aliphatic rings. The monoisotopic (exact) mass is 362 g/mol. The fraction of sp³-hybridized carbons (Fsp3) is 0.0714. The number of amides is 1. The van der Waals surface area contributed by atoms with Gasteiger partial charge < -0.3 is 0 Å². The van der Waals surface area contributed by atoms with Crippen molar-refractivity contribution in [1.82, 2.24) is 15.2 Å². The lowest BCUT2D eigenvalue weighted by molar-refractivity contribution is 0.102. The average molecular weight is 363 g/mol. The minimum atomic E-state index is -0.269. The lowest BCUT2D eigenvalue weighted by Crippen LogP contribution is -2.12. The van der Waals surface area contributed by atoms with E-state index in [1.54, 1.807) is 6.07 Å². The SMILES string of the molecule is Cc1cc(C(=O)Nc2nc(-c3cccc(Br)c3)cs2)n[nH]1. The molecule has 0 aliphatic heterocycles. The van der Waals surface area contributed by atoms with Crippen LogP contribution in [0, 0.1) is 6.92 Å². The van der Waals surface area contributed by atoms with Gasteiger partial charge in [-0.15, -0.1) is 11.3 Å². The Morgan fingerprint density at radius 1 is 1.38 bits per heavy atom. The van der Waals surface area contributed by atoms with E-state index in [2.05, 4.69) is 36.4 Å². The van der Waals surface area contributed by atoms with Crippen LogP contribution in [0.5, 0.6) is 0 Å². The normalized spacial score (nSPS) is 10.6. The molecule has 2 heterocycles. The first kappa shape index (κ1) is 14.0. The molecule has 0 atom stereocenters. The number of H-pyrrole nitrogens is 1. The van der Waals surface area contributed by atoms with E-state index in [1.165, 1.54) is 11.3 Å². The minimum absolute atomic E-state index is 0.269. The van der Waals surface area contributed by atoms with Crippen LogP contribution in [0.4, 0.5) is 5.13 Å². The predicted octanol–water partition coefficient (Wildman–Crippen LogP) is 3.86. The second-order valence-electron chi connectivity index (χ2n) is 4.44. The molecule has 3 rings (SSSR count). The summed E-state index contributed by atoms with van der Waals surface area (Å²) in [5.41, 5.74) is 3.02. The van der Waals surface area contributed by atoms with Crippen LogP contribution in [0.15, 0.2) is 40.2 Å². The molecule has 1 aromatic carbocycles. The van der Waals surface area contributed by atoms with E-state index in [1.807, 2.05) is 36.6 Å². The number of nitrogens with one attached hydrogen (secondary N) is 2. The number of nitrogens with zero attached hydrogens (tertiary/aromatic N) is 2. The average Bonchev–Trinajstić information content (AvgIpc) is 3.08. The molecule has 0 saturated carbocycles. The lowest BCUT2D eigenvalue weighted by Gasteiger charge is -1.98. The van der Waals surface area contributed by atoms with Crippen LogP contribution in [0.2, 0.25) is 0 Å². The van der Waals surface area contributed by atoms with Crippen molar-refractivity contribution in [1.29, 1.82) is 0 Å². The maximum Gasteiger partial charge on any atom is 0.277 e. The van der Waals surface area contributed by atoms with E-state index in [0.29, 0.717) is 10.8 Å². The summed E-state index contributed by atoms with van der Waals surface area (Å²) in [5.74, 6) is -0.269. The van der Waals surface area contributed by atoms with E-state index >= 15 is 0 Å². The summed E-state index contributed by atoms with van der Waals surface area (Å²) in [5, 5.41) is 11.9. The summed E-state index contributed by atoms with van der Waals surface area (Å²) in [6, 6.07) is 9.56. The number of halogens is 1. The van der Waals surface area contributed by atoms with Gasteiger partial charge >= 0.3 is 0 Å². The van der Waals surface area contributed by atoms with Crippen LogP contribution in [0.25, 0.3) is 11.3 Å². The molecule has 0 radical (unpaired) electrons. The van der Waals surface area contributed by atoms with Crippen molar-refractivity contribution in [2.75, 3.05) is 5.32 Å². The van der Waals surface area contributed by atoms with Gasteiger partial charge in [0.25, 0.3) is 5.91 Å². The molecule has 1 amide bonds. The highest BCUT2D eigenvalue weighted by Gasteiger charge is 2.12. The Kier molecular flexibility index (Phi) is 3.85. The number of aromatic amines is 1. The molecular formula is C14H11BrN4OS. The van der Waals surface area contributed by atoms with Gasteiger partial charge in [0.05, 0.1) is 5.69 Å². The minimum Gasteiger partial charge on any atom is -0.296 e. The zero-order valence-corrected chi connectivity index (χ0v) is 13.5. The van der Waals surface area contributed by atoms with Gasteiger partial charge in [-0.3, -0.25) is 15.2 Å². The summed E-state index contributed by atoms with van der Waals surface area (Å²) >= 11 is 4.82. The third-order valence-electron chi connectivity index (χ3n) is 2.78. The van der Waals surface area contributed by atoms with Crippen LogP contribution in [0.3, 0.4) is 0 Å². The highest BCUT2D eigenvalue weighted by molar-refractivity contribution is 9.10. The summed E-state index contributed by atoms with van der Waals surface area (Å²) < 4.78 is 0.991. The molecule has 0 bridgehead atoms. The van der Waals surface area contributed by atoms with Gasteiger partial charge in [-0.05, 0) is 25.1 Å². The molecule has 0 saturated heterocycles. The molecule has 3 aromatic rings. The van der Waals surface area contributed by atoms with Gasteiger partial charge in [0.2, 0.25) is 0 Å². The molecule has 0 fully saturated rings. The van der Waals surface area contributed by atoms with E-state index in [9.17, 15) is 4.79 Å². The smallest absolute Gasteiger partial charge is 0.277 e. The lowest BCUT2D eigenvalue weighted by atomic mass is 10.2. The van der Waals surface area contributed by atoms with Gasteiger partial charge in [-0.25, -0.2) is 4.98 Å². The number of carbonyl (C=O) groups is 1. The van der Waals surface area contributed by atoms with E-state index in [0.717, 1.165) is 21.4 Å². The number of hydrogen-bond donors (Lipinski definition) is 2. The Morgan fingerprint density at radius 3 is 2.95 bits per heavy atom. The van der Waals surface area contributed by atoms with Crippen molar-refractivity contribution in [3.8, 4) is 11.3 Å². The number of rotatable bonds is 3. The third-order valence-corrected chi connectivity index (χ3v) is 4.03. The fourth-order valence-corrected chi connectivity index (χ4v) is 2.92. The summed E-state index contributed by atoms with van der Waals surface area (Å²) in [6.45, 7) is 1.85. The van der Waals surface area contributed by atoms with Crippen molar-refractivity contribution < 1.29 is 4.79 Å². The van der Waals surface area contributed by atoms with Crippen LogP contribution in [-0.4, -0.2) is 21.1 Å². The topological polar surface area (TPSA) is 70.7 Å². The van der Waals surface area contributed by atoms with Crippen molar-refractivity contribution in [3.63, 3.8) is 0 Å². The number of carbonyl (C=O) groups excluding carboxylic acids is 1. The van der Waals surface area contributed by atoms with Gasteiger partial charge in [-0.1, -0.05) is 28.1 Å². The number of aromatic nitrogens is 3. The van der Waals surface area contributed by atoms with E-state index in [4.69, 9.17) is 0 Å². The van der Waals surface area contributed by atoms with Crippen molar-refractivity contribution >= 4 is 38.3 Å². The number of aryl methyl sites for hydroxylation is 1. The maximum absolute atomic E-state index is 12.0. The number of hydrogen-bond acceptors (Lipinski definition) is 4. The largest absolute Gasteiger partial charge is 0.296 e. The molecule has 0 aliphatic carbocycles. The van der Waals surface area contributed by atoms with Crippen LogP contribution < -0.4 is 5.32 Å². The zero-order chi connectivity index (χ0) is 14.8. The molecule has 106 valence electrons. The Balaban J connectivity index is 1.78. The first-order chi connectivity index (χ1) is 10.1. The molecular weight excluding hydrogens is 352 g/mol. The first-order valence-electron chi connectivity index (χ1n) is 6.16. The van der Waals surface area contributed by atoms with Gasteiger partial charge in [0, 0.05) is 21.1 Å². The zero-order valence-electron chi connectivity index (χ0n) is 11.1. The summed E-state index contributed by atoms with van der Waals surface area (Å²) in [6.07, 6.45) is 0. The Labute approximate surface area is 133 Å². The predicted molar refractivity (Wildman–Crippen MR) is 86.5 cm³/mol. The fourth-order valence-electron chi connectivity index (χ4n) is 1.81. The highest BCUT2D eigenvalue weighted by Crippen LogP contribution is 2.27. The number of anilines is 1. The summed E-state index contributed by atoms with van der Waals surface area (Å²) in [7, 11) is 0. The molecule has 0 unspecified atom stereocenters. The Bertz CT molecular complexity index is 796. The molecule has 7 heteroatoms. The number of thiazole rings is 1. The molecule has 2 aromatic heterocycles. The number of benzene rings is 1. The second kappa shape index (κ2) is 5.79. The third kappa shape index (κ3) is 3.20. The highest BCUT2D eigenvalue weighted by atomic mass is 79.9. The summed E-state index contributed by atoms with van der Waals surface area (Å²) in [4.78, 5) is 16.4. The second-order valence-corrected chi connectivity index (χ2v) is 6.21. The first-order valence-corrected chi connectivity index (χ1v) is 7.84. The van der Waals surface area contributed by atoms with Gasteiger partial charge in [-0.2, -0.15) is 5.10 Å². The van der Waals surface area contributed by atoms with Crippen molar-refractivity contribution in [2.45, 2.75) is 6.92 Å². The Morgan fingerprint density at radius 2 is 2.24 bits per heavy atom. The standard InChI is InChI=1S/C14H11BrN4OS/c1-8-5-11(19-18-8)13(20)17-14-16-12(7-21-14)9-3-2-4-10(15)6-9/h2-7H,1H3,(H,18,19)(H,16,17,20). The van der Waals surface area contributed by atoms with Crippen LogP contribution in [-0.2, 0) is 0 Å². The van der Waals surface area contributed by atoms with E-state index in [-0.39, 0.29) is 5.91 Å². The molecule has 0 spiro atoms. The molecule has 2 N–H and O–H groups in total.